The average molecular weight is 502 g/mol. The second kappa shape index (κ2) is 10.1. The molecule has 0 fully saturated rings. The number of amides is 1. The van der Waals surface area contributed by atoms with E-state index in [1.165, 1.54) is 11.3 Å². The van der Waals surface area contributed by atoms with Gasteiger partial charge in [0.1, 0.15) is 16.3 Å². The summed E-state index contributed by atoms with van der Waals surface area (Å²) in [6.07, 6.45) is -0.278. The molecule has 1 amide bonds. The molecule has 3 rings (SSSR count). The van der Waals surface area contributed by atoms with Gasteiger partial charge in [0, 0.05) is 21.0 Å². The molecule has 162 valence electrons. The predicted molar refractivity (Wildman–Crippen MR) is 128 cm³/mol. The first-order valence-electron chi connectivity index (χ1n) is 9.91. The van der Waals surface area contributed by atoms with Gasteiger partial charge in [-0.1, -0.05) is 34.1 Å². The van der Waals surface area contributed by atoms with Crippen LogP contribution in [0.15, 0.2) is 58.4 Å². The van der Waals surface area contributed by atoms with Crippen molar-refractivity contribution in [3.8, 4) is 16.9 Å². The van der Waals surface area contributed by atoms with E-state index in [0.29, 0.717) is 21.9 Å². The fourth-order valence-corrected chi connectivity index (χ4v) is 4.14. The van der Waals surface area contributed by atoms with E-state index in [-0.39, 0.29) is 18.1 Å². The second-order valence-electron chi connectivity index (χ2n) is 7.46. The number of hydrogen-bond acceptors (Lipinski definition) is 5. The number of nitrogens with one attached hydrogen (secondary N) is 1. The molecule has 1 aromatic heterocycles. The van der Waals surface area contributed by atoms with Crippen molar-refractivity contribution in [2.45, 2.75) is 39.9 Å². The zero-order chi connectivity index (χ0) is 22.5. The molecular formula is C24H24BrNO4S. The molecule has 0 spiro atoms. The van der Waals surface area contributed by atoms with Crippen molar-refractivity contribution < 1.29 is 19.1 Å². The zero-order valence-corrected chi connectivity index (χ0v) is 20.2. The van der Waals surface area contributed by atoms with Crippen LogP contribution in [0.2, 0.25) is 0 Å². The van der Waals surface area contributed by atoms with Gasteiger partial charge in [0.2, 0.25) is 0 Å². The first-order valence-corrected chi connectivity index (χ1v) is 11.6. The number of carbonyl (C=O) groups is 2. The van der Waals surface area contributed by atoms with Crippen LogP contribution in [0.25, 0.3) is 11.1 Å². The summed E-state index contributed by atoms with van der Waals surface area (Å²) in [7, 11) is 0. The van der Waals surface area contributed by atoms with E-state index in [1.54, 1.807) is 38.1 Å². The molecule has 0 aliphatic rings. The number of anilines is 1. The molecule has 5 nitrogen and oxygen atoms in total. The van der Waals surface area contributed by atoms with Crippen LogP contribution in [0, 0.1) is 0 Å². The van der Waals surface area contributed by atoms with Crippen LogP contribution < -0.4 is 10.1 Å². The van der Waals surface area contributed by atoms with Crippen molar-refractivity contribution in [1.29, 1.82) is 0 Å². The molecule has 31 heavy (non-hydrogen) atoms. The van der Waals surface area contributed by atoms with Crippen molar-refractivity contribution in [1.82, 2.24) is 0 Å². The van der Waals surface area contributed by atoms with Crippen molar-refractivity contribution in [2.24, 2.45) is 0 Å². The van der Waals surface area contributed by atoms with Crippen molar-refractivity contribution >= 4 is 44.1 Å². The Kier molecular flexibility index (Phi) is 7.51. The summed E-state index contributed by atoms with van der Waals surface area (Å²) in [5.74, 6) is -0.179. The number of esters is 1. The minimum atomic E-state index is -0.471. The third-order valence-corrected chi connectivity index (χ3v) is 5.61. The fourth-order valence-electron chi connectivity index (χ4n) is 2.93. The Hall–Kier alpha value is -2.64. The summed E-state index contributed by atoms with van der Waals surface area (Å²) in [4.78, 5) is 25.8. The van der Waals surface area contributed by atoms with Gasteiger partial charge in [-0.15, -0.1) is 11.3 Å². The smallest absolute Gasteiger partial charge is 0.342 e. The lowest BCUT2D eigenvalue weighted by molar-refractivity contribution is 0.0380. The van der Waals surface area contributed by atoms with E-state index in [4.69, 9.17) is 9.47 Å². The highest BCUT2D eigenvalue weighted by atomic mass is 79.9. The van der Waals surface area contributed by atoms with Crippen molar-refractivity contribution in [2.75, 3.05) is 5.32 Å². The fraction of sp³-hybridized carbons (Fsp3) is 0.250. The van der Waals surface area contributed by atoms with Gasteiger partial charge in [-0.25, -0.2) is 4.79 Å². The van der Waals surface area contributed by atoms with Crippen LogP contribution in [0.3, 0.4) is 0 Å². The van der Waals surface area contributed by atoms with Gasteiger partial charge in [-0.2, -0.15) is 0 Å². The quantitative estimate of drug-likeness (QED) is 0.362. The molecule has 0 aliphatic heterocycles. The van der Waals surface area contributed by atoms with E-state index >= 15 is 0 Å². The van der Waals surface area contributed by atoms with Gasteiger partial charge in [0.25, 0.3) is 5.91 Å². The van der Waals surface area contributed by atoms with Crippen molar-refractivity contribution in [3.05, 3.63) is 69.5 Å². The summed E-state index contributed by atoms with van der Waals surface area (Å²) >= 11 is 4.72. The predicted octanol–water partition coefficient (Wildman–Crippen LogP) is 6.78. The van der Waals surface area contributed by atoms with E-state index in [9.17, 15) is 9.59 Å². The summed E-state index contributed by atoms with van der Waals surface area (Å²) in [5.41, 5.74) is 2.38. The average Bonchev–Trinajstić information content (AvgIpc) is 3.11. The summed E-state index contributed by atoms with van der Waals surface area (Å²) in [6, 6.07) is 14.6. The lowest BCUT2D eigenvalue weighted by atomic mass is 10.0. The first kappa shape index (κ1) is 23.0. The highest BCUT2D eigenvalue weighted by Gasteiger charge is 2.24. The molecular weight excluding hydrogens is 478 g/mol. The second-order valence-corrected chi connectivity index (χ2v) is 9.26. The standard InChI is InChI=1S/C24H24BrNO4S/c1-14(2)29-19-7-5-6-17(12-19)22(27)26-23-21(24(28)30-15(3)4)20(13-31-23)16-8-10-18(25)11-9-16/h5-15H,1-4H3,(H,26,27). The van der Waals surface area contributed by atoms with E-state index in [2.05, 4.69) is 21.2 Å². The zero-order valence-electron chi connectivity index (χ0n) is 17.8. The highest BCUT2D eigenvalue weighted by molar-refractivity contribution is 9.10. The number of hydrogen-bond donors (Lipinski definition) is 1. The van der Waals surface area contributed by atoms with Gasteiger partial charge in [-0.3, -0.25) is 4.79 Å². The van der Waals surface area contributed by atoms with Gasteiger partial charge >= 0.3 is 5.97 Å². The lowest BCUT2D eigenvalue weighted by Crippen LogP contribution is -2.17. The molecule has 0 radical (unpaired) electrons. The van der Waals surface area contributed by atoms with Crippen LogP contribution in [0.1, 0.15) is 48.4 Å². The Morgan fingerprint density at radius 1 is 1.00 bits per heavy atom. The Morgan fingerprint density at radius 3 is 2.35 bits per heavy atom. The molecule has 7 heteroatoms. The van der Waals surface area contributed by atoms with Gasteiger partial charge < -0.3 is 14.8 Å². The maximum Gasteiger partial charge on any atom is 0.342 e. The SMILES string of the molecule is CC(C)OC(=O)c1c(-c2ccc(Br)cc2)csc1NC(=O)c1cccc(OC(C)C)c1. The molecule has 3 aromatic rings. The molecule has 0 bridgehead atoms. The van der Waals surface area contributed by atoms with Crippen molar-refractivity contribution in [3.63, 3.8) is 0 Å². The Labute approximate surface area is 194 Å². The summed E-state index contributed by atoms with van der Waals surface area (Å²) < 4.78 is 12.1. The van der Waals surface area contributed by atoms with Crippen LogP contribution in [-0.4, -0.2) is 24.1 Å². The molecule has 0 aliphatic carbocycles. The number of halogens is 1. The maximum atomic E-state index is 12.9. The van der Waals surface area contributed by atoms with E-state index < -0.39 is 5.97 Å². The number of ether oxygens (including phenoxy) is 2. The molecule has 1 heterocycles. The van der Waals surface area contributed by atoms with Crippen LogP contribution >= 0.6 is 27.3 Å². The summed E-state index contributed by atoms with van der Waals surface area (Å²) in [6.45, 7) is 7.44. The van der Waals surface area contributed by atoms with Gasteiger partial charge in [0.05, 0.1) is 12.2 Å². The van der Waals surface area contributed by atoms with Gasteiger partial charge in [0.15, 0.2) is 0 Å². The minimum Gasteiger partial charge on any atom is -0.491 e. The third kappa shape index (κ3) is 5.95. The Bertz CT molecular complexity index is 1070. The molecule has 2 aromatic carbocycles. The van der Waals surface area contributed by atoms with Crippen LogP contribution in [0.5, 0.6) is 5.75 Å². The van der Waals surface area contributed by atoms with Gasteiger partial charge in [-0.05, 0) is 63.6 Å². The Morgan fingerprint density at radius 2 is 1.71 bits per heavy atom. The number of thiophene rings is 1. The Balaban J connectivity index is 1.94. The number of benzene rings is 2. The molecule has 0 saturated carbocycles. The third-order valence-electron chi connectivity index (χ3n) is 4.19. The minimum absolute atomic E-state index is 0.00137. The molecule has 0 unspecified atom stereocenters. The van der Waals surface area contributed by atoms with E-state index in [1.807, 2.05) is 43.5 Å². The first-order chi connectivity index (χ1) is 14.7. The normalized spacial score (nSPS) is 10.9. The van der Waals surface area contributed by atoms with Crippen LogP contribution in [0.4, 0.5) is 5.00 Å². The molecule has 1 N–H and O–H groups in total. The topological polar surface area (TPSA) is 64.6 Å². The van der Waals surface area contributed by atoms with E-state index in [0.717, 1.165) is 15.6 Å². The highest BCUT2D eigenvalue weighted by Crippen LogP contribution is 2.37. The number of carbonyl (C=O) groups excluding carboxylic acids is 2. The van der Waals surface area contributed by atoms with Crippen LogP contribution in [-0.2, 0) is 4.74 Å². The monoisotopic (exact) mass is 501 g/mol. The summed E-state index contributed by atoms with van der Waals surface area (Å²) in [5, 5.41) is 5.18. The largest absolute Gasteiger partial charge is 0.491 e. The maximum absolute atomic E-state index is 12.9. The molecule has 0 saturated heterocycles. The molecule has 0 atom stereocenters. The number of rotatable bonds is 7. The lowest BCUT2D eigenvalue weighted by Gasteiger charge is -2.13.